The zero-order valence-electron chi connectivity index (χ0n) is 8.05. The summed E-state index contributed by atoms with van der Waals surface area (Å²) in [6.45, 7) is 0. The highest BCUT2D eigenvalue weighted by molar-refractivity contribution is 14.1. The third-order valence-corrected chi connectivity index (χ3v) is 5.09. The second-order valence-corrected chi connectivity index (χ2v) is 5.38. The van der Waals surface area contributed by atoms with Gasteiger partial charge in [0, 0.05) is 15.8 Å². The number of allylic oxidation sites excluding steroid dienone is 2. The van der Waals surface area contributed by atoms with Gasteiger partial charge in [-0.25, -0.2) is 0 Å². The van der Waals surface area contributed by atoms with Crippen LogP contribution in [0, 0.1) is 68.0 Å². The minimum Gasteiger partial charge on any atom is -0.196 e. The van der Waals surface area contributed by atoms with Crippen LogP contribution in [0.3, 0.4) is 0 Å². The summed E-state index contributed by atoms with van der Waals surface area (Å²) in [5.74, 6) is -0.653. The third kappa shape index (κ3) is 0.823. The predicted octanol–water partition coefficient (Wildman–Crippen LogP) is 1.67. The Morgan fingerprint density at radius 2 is 1.12 bits per heavy atom. The third-order valence-electron chi connectivity index (χ3n) is 3.54. The van der Waals surface area contributed by atoms with Crippen molar-refractivity contribution in [3.05, 3.63) is 12.2 Å². The van der Waals surface area contributed by atoms with E-state index in [1.165, 1.54) is 0 Å². The van der Waals surface area contributed by atoms with Gasteiger partial charge in [-0.1, -0.05) is 34.7 Å². The van der Waals surface area contributed by atoms with E-state index < -0.39 is 10.8 Å². The van der Waals surface area contributed by atoms with Crippen LogP contribution in [0.15, 0.2) is 12.2 Å². The van der Waals surface area contributed by atoms with E-state index in [0.29, 0.717) is 0 Å². The summed E-state index contributed by atoms with van der Waals surface area (Å²) < 4.78 is -0.0313. The van der Waals surface area contributed by atoms with Crippen LogP contribution in [0.2, 0.25) is 0 Å². The molecule has 0 aromatic rings. The van der Waals surface area contributed by atoms with Crippen molar-refractivity contribution in [1.82, 2.24) is 0 Å². The van der Waals surface area contributed by atoms with E-state index in [4.69, 9.17) is 0 Å². The first-order valence-electron chi connectivity index (χ1n) is 4.61. The molecule has 1 fully saturated rings. The zero-order chi connectivity index (χ0) is 12.0. The lowest BCUT2D eigenvalue weighted by Crippen LogP contribution is -2.41. The van der Waals surface area contributed by atoms with Gasteiger partial charge in [0.15, 0.2) is 10.8 Å². The monoisotopic (exact) mass is 320 g/mol. The second-order valence-electron chi connectivity index (χ2n) is 3.94. The van der Waals surface area contributed by atoms with Crippen LogP contribution in [-0.2, 0) is 0 Å². The van der Waals surface area contributed by atoms with Crippen molar-refractivity contribution >= 4 is 22.6 Å². The normalized spacial score (nSPS) is 35.7. The van der Waals surface area contributed by atoms with Crippen molar-refractivity contribution in [3.63, 3.8) is 0 Å². The highest BCUT2D eigenvalue weighted by Crippen LogP contribution is 2.64. The molecule has 0 spiro atoms. The van der Waals surface area contributed by atoms with E-state index in [1.807, 2.05) is 24.3 Å². The molecule has 0 aliphatic heterocycles. The summed E-state index contributed by atoms with van der Waals surface area (Å²) in [7, 11) is 0. The number of halogens is 1. The van der Waals surface area contributed by atoms with Gasteiger partial charge < -0.3 is 0 Å². The minimum atomic E-state index is -1.53. The van der Waals surface area contributed by atoms with Crippen LogP contribution in [0.5, 0.6) is 0 Å². The Labute approximate surface area is 107 Å². The summed E-state index contributed by atoms with van der Waals surface area (Å²) in [6, 6.07) is 7.68. The molecule has 16 heavy (non-hydrogen) atoms. The first-order chi connectivity index (χ1) is 7.63. The van der Waals surface area contributed by atoms with Gasteiger partial charge in [0.25, 0.3) is 0 Å². The molecule has 0 N–H and O–H groups in total. The molecule has 3 atom stereocenters. The van der Waals surface area contributed by atoms with Crippen LogP contribution in [0.25, 0.3) is 0 Å². The summed E-state index contributed by atoms with van der Waals surface area (Å²) in [5, 5.41) is 37.0. The van der Waals surface area contributed by atoms with Crippen molar-refractivity contribution < 1.29 is 0 Å². The fourth-order valence-corrected chi connectivity index (χ4v) is 4.23. The zero-order valence-corrected chi connectivity index (χ0v) is 10.2. The van der Waals surface area contributed by atoms with Crippen molar-refractivity contribution in [2.75, 3.05) is 0 Å². The Bertz CT molecular complexity index is 460. The molecule has 5 heteroatoms. The Hall–Kier alpha value is -1.57. The molecule has 0 amide bonds. The number of nitrogens with zero attached hydrogens (tertiary/aromatic N) is 4. The van der Waals surface area contributed by atoms with Gasteiger partial charge in [0.2, 0.25) is 0 Å². The smallest absolute Gasteiger partial charge is 0.183 e. The number of nitriles is 4. The Kier molecular flexibility index (Phi) is 2.19. The van der Waals surface area contributed by atoms with E-state index in [9.17, 15) is 21.0 Å². The van der Waals surface area contributed by atoms with Crippen LogP contribution in [-0.4, -0.2) is 3.92 Å². The van der Waals surface area contributed by atoms with Gasteiger partial charge in [-0.2, -0.15) is 21.0 Å². The molecule has 2 rings (SSSR count). The molecule has 0 heterocycles. The molecule has 0 aromatic heterocycles. The molecule has 4 nitrogen and oxygen atoms in total. The highest BCUT2D eigenvalue weighted by atomic mass is 127. The van der Waals surface area contributed by atoms with E-state index >= 15 is 0 Å². The molecule has 2 aliphatic carbocycles. The lowest BCUT2D eigenvalue weighted by molar-refractivity contribution is 0.276. The lowest BCUT2D eigenvalue weighted by atomic mass is 9.61. The van der Waals surface area contributed by atoms with Crippen LogP contribution in [0.1, 0.15) is 0 Å². The highest BCUT2D eigenvalue weighted by Gasteiger charge is 2.72. The molecule has 1 saturated carbocycles. The first kappa shape index (κ1) is 10.9. The summed E-state index contributed by atoms with van der Waals surface area (Å²) >= 11 is 2.12. The van der Waals surface area contributed by atoms with Crippen LogP contribution >= 0.6 is 22.6 Å². The largest absolute Gasteiger partial charge is 0.196 e. The molecular weight excluding hydrogens is 315 g/mol. The number of rotatable bonds is 0. The SMILES string of the molecule is N#CC1(C#N)[C@@H]2C=C[C@@H](C2I)C1(C#N)C#N. The lowest BCUT2D eigenvalue weighted by Gasteiger charge is -2.31. The van der Waals surface area contributed by atoms with E-state index in [2.05, 4.69) is 22.6 Å². The molecule has 0 radical (unpaired) electrons. The summed E-state index contributed by atoms with van der Waals surface area (Å²) in [4.78, 5) is 0. The van der Waals surface area contributed by atoms with E-state index in [1.54, 1.807) is 12.2 Å². The maximum absolute atomic E-state index is 9.24. The molecule has 0 saturated heterocycles. The van der Waals surface area contributed by atoms with Gasteiger partial charge in [0.1, 0.15) is 0 Å². The Morgan fingerprint density at radius 3 is 1.38 bits per heavy atom. The maximum atomic E-state index is 9.24. The number of hydrogen-bond donors (Lipinski definition) is 0. The average Bonchev–Trinajstić information content (AvgIpc) is 2.79. The van der Waals surface area contributed by atoms with Crippen molar-refractivity contribution in [3.8, 4) is 24.3 Å². The molecule has 1 unspecified atom stereocenters. The molecular formula is C11H5IN4. The summed E-state index contributed by atoms with van der Waals surface area (Å²) in [5.41, 5.74) is -3.05. The van der Waals surface area contributed by atoms with E-state index in [0.717, 1.165) is 0 Å². The molecule has 76 valence electrons. The Morgan fingerprint density at radius 1 is 0.812 bits per heavy atom. The maximum Gasteiger partial charge on any atom is 0.183 e. The molecule has 2 bridgehead atoms. The number of hydrogen-bond acceptors (Lipinski definition) is 4. The van der Waals surface area contributed by atoms with E-state index in [-0.39, 0.29) is 15.8 Å². The standard InChI is InChI=1S/C11H5IN4/c12-9-7-1-2-8(9)11(5-15,6-16)10(7,3-13)4-14/h1-2,7-9H/t7-,8+,9?. The molecule has 0 aromatic carbocycles. The van der Waals surface area contributed by atoms with Gasteiger partial charge >= 0.3 is 0 Å². The molecule has 2 aliphatic rings. The first-order valence-corrected chi connectivity index (χ1v) is 5.85. The predicted molar refractivity (Wildman–Crippen MR) is 61.2 cm³/mol. The fraction of sp³-hybridized carbons (Fsp3) is 0.455. The van der Waals surface area contributed by atoms with Crippen molar-refractivity contribution in [2.24, 2.45) is 22.7 Å². The topological polar surface area (TPSA) is 95.2 Å². The minimum absolute atomic E-state index is 0.0313. The van der Waals surface area contributed by atoms with Crippen molar-refractivity contribution in [2.45, 2.75) is 3.92 Å². The van der Waals surface area contributed by atoms with Gasteiger partial charge in [-0.3, -0.25) is 0 Å². The van der Waals surface area contributed by atoms with Crippen molar-refractivity contribution in [1.29, 1.82) is 21.0 Å². The Balaban J connectivity index is 2.78. The second kappa shape index (κ2) is 3.21. The number of fused-ring (bicyclic) bond motifs is 2. The average molecular weight is 320 g/mol. The quantitative estimate of drug-likeness (QED) is 0.385. The van der Waals surface area contributed by atoms with Gasteiger partial charge in [-0.05, 0) is 0 Å². The number of alkyl halides is 1. The van der Waals surface area contributed by atoms with Crippen LogP contribution < -0.4 is 0 Å². The van der Waals surface area contributed by atoms with Crippen LogP contribution in [0.4, 0.5) is 0 Å². The van der Waals surface area contributed by atoms with Gasteiger partial charge in [0.05, 0.1) is 24.3 Å². The fourth-order valence-electron chi connectivity index (χ4n) is 2.67. The summed E-state index contributed by atoms with van der Waals surface area (Å²) in [6.07, 6.45) is 3.59. The van der Waals surface area contributed by atoms with Gasteiger partial charge in [-0.15, -0.1) is 0 Å².